The normalized spacial score (nSPS) is 23.1. The molecule has 1 saturated heterocycles. The first-order chi connectivity index (χ1) is 9.63. The minimum Gasteiger partial charge on any atom is -0.338 e. The minimum absolute atomic E-state index is 0.198. The molecule has 1 fully saturated rings. The third kappa shape index (κ3) is 2.80. The number of nitrogens with two attached hydrogens (primary N) is 1. The van der Waals surface area contributed by atoms with E-state index < -0.39 is 0 Å². The summed E-state index contributed by atoms with van der Waals surface area (Å²) in [6.45, 7) is 4.00. The fraction of sp³-hybridized carbons (Fsp3) is 0.429. The van der Waals surface area contributed by atoms with Crippen LogP contribution in [-0.4, -0.2) is 34.3 Å². The molecule has 0 saturated carbocycles. The van der Waals surface area contributed by atoms with E-state index in [-0.39, 0.29) is 6.04 Å². The van der Waals surface area contributed by atoms with Gasteiger partial charge in [-0.2, -0.15) is 4.98 Å². The van der Waals surface area contributed by atoms with Gasteiger partial charge >= 0.3 is 0 Å². The number of benzene rings is 1. The average Bonchev–Trinajstić information content (AvgIpc) is 2.92. The van der Waals surface area contributed by atoms with Crippen molar-refractivity contribution in [2.75, 3.05) is 18.0 Å². The van der Waals surface area contributed by atoms with Gasteiger partial charge in [-0.3, -0.25) is 5.10 Å². The van der Waals surface area contributed by atoms with Crippen molar-refractivity contribution in [1.29, 1.82) is 0 Å². The van der Waals surface area contributed by atoms with Gasteiger partial charge in [0.15, 0.2) is 5.82 Å². The molecule has 2 atom stereocenters. The molecule has 1 aromatic heterocycles. The van der Waals surface area contributed by atoms with Crippen LogP contribution in [0.4, 0.5) is 5.95 Å². The number of nitrogens with zero attached hydrogens (tertiary/aromatic N) is 3. The highest BCUT2D eigenvalue weighted by atomic mass is 127. The summed E-state index contributed by atoms with van der Waals surface area (Å²) in [5, 5.41) is 7.35. The van der Waals surface area contributed by atoms with Crippen molar-refractivity contribution in [3.05, 3.63) is 27.8 Å². The van der Waals surface area contributed by atoms with Crippen LogP contribution in [0, 0.1) is 9.49 Å². The molecule has 0 spiro atoms. The zero-order chi connectivity index (χ0) is 14.1. The van der Waals surface area contributed by atoms with E-state index in [9.17, 15) is 0 Å². The number of halogens is 1. The Morgan fingerprint density at radius 2 is 2.10 bits per heavy atom. The van der Waals surface area contributed by atoms with E-state index >= 15 is 0 Å². The molecule has 106 valence electrons. The SMILES string of the molecule is CC1CCN(c2n[nH]c(-c3ccc(I)cc3)n2)CC1N. The van der Waals surface area contributed by atoms with Gasteiger partial charge in [0, 0.05) is 28.3 Å². The molecule has 3 rings (SSSR count). The van der Waals surface area contributed by atoms with E-state index in [1.165, 1.54) is 3.57 Å². The van der Waals surface area contributed by atoms with Crippen LogP contribution in [-0.2, 0) is 0 Å². The van der Waals surface area contributed by atoms with Gasteiger partial charge in [0.05, 0.1) is 0 Å². The number of aromatic nitrogens is 3. The smallest absolute Gasteiger partial charge is 0.245 e. The van der Waals surface area contributed by atoms with Crippen LogP contribution in [0.3, 0.4) is 0 Å². The molecule has 1 aliphatic heterocycles. The van der Waals surface area contributed by atoms with Crippen molar-refractivity contribution in [2.24, 2.45) is 11.7 Å². The van der Waals surface area contributed by atoms with Gasteiger partial charge in [0.2, 0.25) is 5.95 Å². The first-order valence-corrected chi connectivity index (χ1v) is 7.90. The van der Waals surface area contributed by atoms with Gasteiger partial charge in [-0.25, -0.2) is 0 Å². The Morgan fingerprint density at radius 1 is 1.35 bits per heavy atom. The Balaban J connectivity index is 1.78. The monoisotopic (exact) mass is 383 g/mol. The Morgan fingerprint density at radius 3 is 2.80 bits per heavy atom. The number of hydrogen-bond donors (Lipinski definition) is 2. The summed E-state index contributed by atoms with van der Waals surface area (Å²) in [5.41, 5.74) is 7.19. The van der Waals surface area contributed by atoms with Crippen LogP contribution in [0.5, 0.6) is 0 Å². The molecule has 0 aliphatic carbocycles. The van der Waals surface area contributed by atoms with Crippen LogP contribution in [0.25, 0.3) is 11.4 Å². The van der Waals surface area contributed by atoms with Crippen LogP contribution in [0.15, 0.2) is 24.3 Å². The van der Waals surface area contributed by atoms with Crippen LogP contribution in [0.2, 0.25) is 0 Å². The summed E-state index contributed by atoms with van der Waals surface area (Å²) in [7, 11) is 0. The van der Waals surface area contributed by atoms with Crippen LogP contribution in [0.1, 0.15) is 13.3 Å². The lowest BCUT2D eigenvalue weighted by molar-refractivity contribution is 0.376. The Bertz CT molecular complexity index is 580. The fourth-order valence-corrected chi connectivity index (χ4v) is 2.77. The molecule has 6 heteroatoms. The van der Waals surface area contributed by atoms with Gasteiger partial charge in [0.1, 0.15) is 0 Å². The summed E-state index contributed by atoms with van der Waals surface area (Å²) in [6, 6.07) is 8.43. The molecule has 2 heterocycles. The number of nitrogens with one attached hydrogen (secondary N) is 1. The molecule has 1 aromatic carbocycles. The van der Waals surface area contributed by atoms with Gasteiger partial charge in [-0.05, 0) is 47.1 Å². The van der Waals surface area contributed by atoms with Crippen molar-refractivity contribution < 1.29 is 0 Å². The largest absolute Gasteiger partial charge is 0.338 e. The molecule has 5 nitrogen and oxygen atoms in total. The fourth-order valence-electron chi connectivity index (χ4n) is 2.41. The van der Waals surface area contributed by atoms with E-state index in [4.69, 9.17) is 5.73 Å². The third-order valence-corrected chi connectivity index (χ3v) is 4.61. The number of anilines is 1. The van der Waals surface area contributed by atoms with Crippen molar-refractivity contribution >= 4 is 28.5 Å². The summed E-state index contributed by atoms with van der Waals surface area (Å²) in [4.78, 5) is 6.76. The quantitative estimate of drug-likeness (QED) is 0.781. The second-order valence-electron chi connectivity index (χ2n) is 5.37. The molecule has 1 aliphatic rings. The lowest BCUT2D eigenvalue weighted by atomic mass is 9.95. The minimum atomic E-state index is 0.198. The molecule has 3 N–H and O–H groups in total. The Kier molecular flexibility index (Phi) is 3.93. The summed E-state index contributed by atoms with van der Waals surface area (Å²) < 4.78 is 1.21. The van der Waals surface area contributed by atoms with E-state index in [1.54, 1.807) is 0 Å². The summed E-state index contributed by atoms with van der Waals surface area (Å²) >= 11 is 2.29. The highest BCUT2D eigenvalue weighted by Gasteiger charge is 2.25. The van der Waals surface area contributed by atoms with Crippen molar-refractivity contribution in [1.82, 2.24) is 15.2 Å². The number of piperidine rings is 1. The Labute approximate surface area is 132 Å². The molecule has 20 heavy (non-hydrogen) atoms. The zero-order valence-corrected chi connectivity index (χ0v) is 13.5. The van der Waals surface area contributed by atoms with Crippen LogP contribution >= 0.6 is 22.6 Å². The highest BCUT2D eigenvalue weighted by Crippen LogP contribution is 2.22. The number of hydrogen-bond acceptors (Lipinski definition) is 4. The Hall–Kier alpha value is -1.15. The van der Waals surface area contributed by atoms with E-state index in [0.29, 0.717) is 5.92 Å². The summed E-state index contributed by atoms with van der Waals surface area (Å²) in [6.07, 6.45) is 1.09. The predicted octanol–water partition coefficient (Wildman–Crippen LogP) is 2.25. The maximum absolute atomic E-state index is 6.13. The van der Waals surface area contributed by atoms with Crippen molar-refractivity contribution in [2.45, 2.75) is 19.4 Å². The van der Waals surface area contributed by atoms with Gasteiger partial charge in [-0.1, -0.05) is 19.1 Å². The third-order valence-electron chi connectivity index (χ3n) is 3.89. The molecule has 0 radical (unpaired) electrons. The summed E-state index contributed by atoms with van der Waals surface area (Å²) in [5.74, 6) is 2.13. The molecule has 0 bridgehead atoms. The van der Waals surface area contributed by atoms with Gasteiger partial charge < -0.3 is 10.6 Å². The molecular weight excluding hydrogens is 365 g/mol. The highest BCUT2D eigenvalue weighted by molar-refractivity contribution is 14.1. The van der Waals surface area contributed by atoms with E-state index in [2.05, 4.69) is 73.9 Å². The molecule has 2 aromatic rings. The molecular formula is C14H18IN5. The van der Waals surface area contributed by atoms with Crippen LogP contribution < -0.4 is 10.6 Å². The van der Waals surface area contributed by atoms with Gasteiger partial charge in [0.25, 0.3) is 0 Å². The number of rotatable bonds is 2. The van der Waals surface area contributed by atoms with Crippen molar-refractivity contribution in [3.63, 3.8) is 0 Å². The average molecular weight is 383 g/mol. The first-order valence-electron chi connectivity index (χ1n) is 6.82. The molecule has 2 unspecified atom stereocenters. The van der Waals surface area contributed by atoms with E-state index in [1.807, 2.05) is 0 Å². The number of H-pyrrole nitrogens is 1. The second-order valence-corrected chi connectivity index (χ2v) is 6.61. The zero-order valence-electron chi connectivity index (χ0n) is 11.4. The lowest BCUT2D eigenvalue weighted by Gasteiger charge is -2.34. The maximum Gasteiger partial charge on any atom is 0.245 e. The first kappa shape index (κ1) is 13.8. The maximum atomic E-state index is 6.13. The van der Waals surface area contributed by atoms with Gasteiger partial charge in [-0.15, -0.1) is 5.10 Å². The van der Waals surface area contributed by atoms with E-state index in [0.717, 1.165) is 36.8 Å². The molecule has 0 amide bonds. The van der Waals surface area contributed by atoms with Crippen molar-refractivity contribution in [3.8, 4) is 11.4 Å². The topological polar surface area (TPSA) is 70.8 Å². The lowest BCUT2D eigenvalue weighted by Crippen LogP contribution is -2.48. The second kappa shape index (κ2) is 5.69. The predicted molar refractivity (Wildman–Crippen MR) is 88.5 cm³/mol. The number of aromatic amines is 1. The standard InChI is InChI=1S/C14H18IN5/c1-9-6-7-20(8-12(9)16)14-17-13(18-19-14)10-2-4-11(15)5-3-10/h2-5,9,12H,6-8,16H2,1H3,(H,17,18,19).